The molecule has 2 aliphatic heterocycles. The topological polar surface area (TPSA) is 85.6 Å². The summed E-state index contributed by atoms with van der Waals surface area (Å²) >= 11 is 0. The van der Waals surface area contributed by atoms with Crippen molar-refractivity contribution in [3.63, 3.8) is 0 Å². The summed E-state index contributed by atoms with van der Waals surface area (Å²) in [6, 6.07) is 3.06. The highest BCUT2D eigenvalue weighted by Crippen LogP contribution is 2.56. The highest BCUT2D eigenvalue weighted by Gasteiger charge is 2.52. The van der Waals surface area contributed by atoms with Crippen molar-refractivity contribution in [2.24, 2.45) is 5.92 Å². The summed E-state index contributed by atoms with van der Waals surface area (Å²) < 4.78 is 5.68. The smallest absolute Gasteiger partial charge is 0.410 e. The first-order valence-electron chi connectivity index (χ1n) is 13.4. The van der Waals surface area contributed by atoms with Crippen LogP contribution in [0.1, 0.15) is 85.1 Å². The van der Waals surface area contributed by atoms with E-state index >= 15 is 0 Å². The van der Waals surface area contributed by atoms with Crippen molar-refractivity contribution in [2.75, 3.05) is 29.4 Å². The van der Waals surface area contributed by atoms with Crippen LogP contribution in [0.4, 0.5) is 16.4 Å². The highest BCUT2D eigenvalue weighted by molar-refractivity contribution is 5.72. The summed E-state index contributed by atoms with van der Waals surface area (Å²) in [4.78, 5) is 29.4. The molecule has 0 N–H and O–H groups in total. The largest absolute Gasteiger partial charge is 0.444 e. The Morgan fingerprint density at radius 1 is 1.09 bits per heavy atom. The molecule has 4 atom stereocenters. The lowest BCUT2D eigenvalue weighted by atomic mass is 9.66. The molecule has 1 aromatic heterocycles. The second-order valence-electron chi connectivity index (χ2n) is 12.3. The van der Waals surface area contributed by atoms with Gasteiger partial charge in [0.1, 0.15) is 23.6 Å². The quantitative estimate of drug-likeness (QED) is 0.610. The van der Waals surface area contributed by atoms with Gasteiger partial charge in [0.25, 0.3) is 0 Å². The van der Waals surface area contributed by atoms with Gasteiger partial charge < -0.3 is 19.4 Å². The van der Waals surface area contributed by atoms with Gasteiger partial charge in [-0.15, -0.1) is 0 Å². The standard InChI is InChI=1S/C27H40N6O2/c1-18-15-32(25(34)35-26(3,4)5)19(2)14-31(18)23-22-24(30-17-29-23)33(16-27(22)10-7-11-27)21-9-6-8-20(12-21)13-28/h17-21H,6-12,14-16H2,1-5H3/t18-,19+,20?,21?/m0/s1. The molecule has 0 aromatic carbocycles. The van der Waals surface area contributed by atoms with Crippen molar-refractivity contribution in [1.29, 1.82) is 5.26 Å². The lowest BCUT2D eigenvalue weighted by Gasteiger charge is -2.47. The number of aromatic nitrogens is 2. The molecule has 1 spiro atoms. The number of hydrogen-bond donors (Lipinski definition) is 0. The first kappa shape index (κ1) is 24.1. The van der Waals surface area contributed by atoms with Crippen LogP contribution in [0.5, 0.6) is 0 Å². The maximum Gasteiger partial charge on any atom is 0.410 e. The molecule has 4 aliphatic rings. The van der Waals surface area contributed by atoms with Crippen molar-refractivity contribution in [1.82, 2.24) is 14.9 Å². The van der Waals surface area contributed by atoms with E-state index in [1.165, 1.54) is 24.8 Å². The van der Waals surface area contributed by atoms with E-state index in [0.29, 0.717) is 12.6 Å². The average Bonchev–Trinajstić information content (AvgIpc) is 3.16. The number of nitriles is 1. The van der Waals surface area contributed by atoms with E-state index in [4.69, 9.17) is 14.7 Å². The number of hydrogen-bond acceptors (Lipinski definition) is 7. The van der Waals surface area contributed by atoms with Crippen LogP contribution < -0.4 is 9.80 Å². The van der Waals surface area contributed by atoms with Crippen molar-refractivity contribution in [3.8, 4) is 6.07 Å². The third kappa shape index (κ3) is 4.32. The molecule has 2 aliphatic carbocycles. The predicted octanol–water partition coefficient (Wildman–Crippen LogP) is 4.63. The van der Waals surface area contributed by atoms with E-state index in [1.54, 1.807) is 6.33 Å². The summed E-state index contributed by atoms with van der Waals surface area (Å²) in [6.07, 6.45) is 9.27. The first-order valence-corrected chi connectivity index (χ1v) is 13.4. The number of nitrogens with zero attached hydrogens (tertiary/aromatic N) is 6. The molecular formula is C27H40N6O2. The van der Waals surface area contributed by atoms with Gasteiger partial charge in [0.05, 0.1) is 6.07 Å². The molecule has 8 nitrogen and oxygen atoms in total. The van der Waals surface area contributed by atoms with Crippen LogP contribution in [0.3, 0.4) is 0 Å². The van der Waals surface area contributed by atoms with E-state index in [-0.39, 0.29) is 29.5 Å². The molecule has 8 heteroatoms. The average molecular weight is 481 g/mol. The molecule has 1 saturated heterocycles. The van der Waals surface area contributed by atoms with Crippen LogP contribution in [0.25, 0.3) is 0 Å². The number of fused-ring (bicyclic) bond motifs is 2. The van der Waals surface area contributed by atoms with Gasteiger partial charge in [0, 0.05) is 54.7 Å². The van der Waals surface area contributed by atoms with Gasteiger partial charge in [-0.3, -0.25) is 0 Å². The first-order chi connectivity index (χ1) is 16.6. The van der Waals surface area contributed by atoms with Gasteiger partial charge in [-0.05, 0) is 66.7 Å². The third-order valence-electron chi connectivity index (χ3n) is 8.55. The van der Waals surface area contributed by atoms with E-state index in [0.717, 1.165) is 50.4 Å². The fraction of sp³-hybridized carbons (Fsp3) is 0.778. The Labute approximate surface area is 209 Å². The Kier molecular flexibility index (Phi) is 6.09. The molecule has 0 bridgehead atoms. The summed E-state index contributed by atoms with van der Waals surface area (Å²) in [6.45, 7) is 12.3. The molecule has 1 amide bonds. The van der Waals surface area contributed by atoms with Crippen molar-refractivity contribution >= 4 is 17.7 Å². The van der Waals surface area contributed by atoms with Crippen molar-refractivity contribution in [3.05, 3.63) is 11.9 Å². The van der Waals surface area contributed by atoms with Gasteiger partial charge in [0.2, 0.25) is 0 Å². The minimum absolute atomic E-state index is 0.0243. The summed E-state index contributed by atoms with van der Waals surface area (Å²) in [7, 11) is 0. The zero-order valence-corrected chi connectivity index (χ0v) is 22.0. The van der Waals surface area contributed by atoms with Crippen LogP contribution in [-0.4, -0.2) is 64.3 Å². The van der Waals surface area contributed by atoms with Gasteiger partial charge in [-0.25, -0.2) is 14.8 Å². The lowest BCUT2D eigenvalue weighted by Crippen LogP contribution is -2.59. The number of anilines is 2. The summed E-state index contributed by atoms with van der Waals surface area (Å²) in [5.74, 6) is 2.29. The normalized spacial score (nSPS) is 30.0. The fourth-order valence-corrected chi connectivity index (χ4v) is 6.63. The van der Waals surface area contributed by atoms with Crippen LogP contribution in [0, 0.1) is 17.2 Å². The maximum atomic E-state index is 12.9. The second-order valence-corrected chi connectivity index (χ2v) is 12.3. The number of ether oxygens (including phenoxy) is 1. The van der Waals surface area contributed by atoms with Crippen LogP contribution >= 0.6 is 0 Å². The monoisotopic (exact) mass is 480 g/mol. The van der Waals surface area contributed by atoms with E-state index in [1.807, 2.05) is 25.7 Å². The molecule has 190 valence electrons. The van der Waals surface area contributed by atoms with Crippen LogP contribution in [0.15, 0.2) is 6.33 Å². The maximum absolute atomic E-state index is 12.9. The second kappa shape index (κ2) is 8.83. The Hall–Kier alpha value is -2.56. The summed E-state index contributed by atoms with van der Waals surface area (Å²) in [5, 5.41) is 9.56. The van der Waals surface area contributed by atoms with Crippen molar-refractivity contribution < 1.29 is 9.53 Å². The SMILES string of the molecule is C[C@@H]1CN(c2ncnc3c2C2(CCC2)CN3C2CCCC(C#N)C2)[C@@H](C)CN1C(=O)OC(C)(C)C. The molecule has 0 radical (unpaired) electrons. The molecule has 2 unspecified atom stereocenters. The zero-order chi connectivity index (χ0) is 25.0. The molecule has 35 heavy (non-hydrogen) atoms. The molecule has 5 rings (SSSR count). The molecule has 1 aromatic rings. The van der Waals surface area contributed by atoms with Gasteiger partial charge in [0.15, 0.2) is 0 Å². The number of rotatable bonds is 2. The zero-order valence-electron chi connectivity index (χ0n) is 22.0. The lowest BCUT2D eigenvalue weighted by molar-refractivity contribution is 0.0129. The van der Waals surface area contributed by atoms with E-state index < -0.39 is 5.60 Å². The molecular weight excluding hydrogens is 440 g/mol. The van der Waals surface area contributed by atoms with E-state index in [2.05, 4.69) is 29.7 Å². The van der Waals surface area contributed by atoms with Gasteiger partial charge in [-0.2, -0.15) is 5.26 Å². The Morgan fingerprint density at radius 3 is 2.43 bits per heavy atom. The number of piperazine rings is 1. The van der Waals surface area contributed by atoms with Crippen LogP contribution in [-0.2, 0) is 10.2 Å². The predicted molar refractivity (Wildman–Crippen MR) is 135 cm³/mol. The number of amides is 1. The van der Waals surface area contributed by atoms with E-state index in [9.17, 15) is 10.1 Å². The number of carbonyl (C=O) groups is 1. The number of carbonyl (C=O) groups excluding carboxylic acids is 1. The Bertz CT molecular complexity index is 1010. The minimum Gasteiger partial charge on any atom is -0.444 e. The Balaban J connectivity index is 1.43. The van der Waals surface area contributed by atoms with Gasteiger partial charge in [-0.1, -0.05) is 12.8 Å². The molecule has 3 fully saturated rings. The van der Waals surface area contributed by atoms with Crippen LogP contribution in [0.2, 0.25) is 0 Å². The minimum atomic E-state index is -0.506. The fourth-order valence-electron chi connectivity index (χ4n) is 6.63. The molecule has 3 heterocycles. The Morgan fingerprint density at radius 2 is 1.80 bits per heavy atom. The third-order valence-corrected chi connectivity index (χ3v) is 8.55. The van der Waals surface area contributed by atoms with Gasteiger partial charge >= 0.3 is 6.09 Å². The molecule has 2 saturated carbocycles. The van der Waals surface area contributed by atoms with Crippen molar-refractivity contribution in [2.45, 2.75) is 109 Å². The highest BCUT2D eigenvalue weighted by atomic mass is 16.6. The summed E-state index contributed by atoms with van der Waals surface area (Å²) in [5.41, 5.74) is 0.931.